The Morgan fingerprint density at radius 3 is 1.94 bits per heavy atom. The van der Waals surface area contributed by atoms with E-state index in [0.29, 0.717) is 0 Å². The second-order valence-corrected chi connectivity index (χ2v) is 3.41. The monoisotopic (exact) mass is 268 g/mol. The van der Waals surface area contributed by atoms with Crippen LogP contribution in [-0.2, 0) is 14.3 Å². The van der Waals surface area contributed by atoms with Gasteiger partial charge in [0.1, 0.15) is 12.7 Å². The van der Waals surface area contributed by atoms with Crippen molar-refractivity contribution in [2.45, 2.75) is 32.0 Å². The molecule has 5 N–H and O–H groups in total. The number of hydrogen-bond donors (Lipinski definition) is 5. The van der Waals surface area contributed by atoms with Gasteiger partial charge in [-0.3, -0.25) is 9.59 Å². The van der Waals surface area contributed by atoms with Gasteiger partial charge in [0.25, 0.3) is 0 Å². The highest BCUT2D eigenvalue weighted by molar-refractivity contribution is 5.66. The molecule has 2 unspecified atom stereocenters. The summed E-state index contributed by atoms with van der Waals surface area (Å²) in [6, 6.07) is 0. The van der Waals surface area contributed by atoms with Crippen LogP contribution < -0.4 is 0 Å². The lowest BCUT2D eigenvalue weighted by Gasteiger charge is -2.05. The van der Waals surface area contributed by atoms with Crippen molar-refractivity contribution in [1.29, 1.82) is 0 Å². The number of aliphatic hydroxyl groups is 4. The van der Waals surface area contributed by atoms with Gasteiger partial charge in [-0.25, -0.2) is 0 Å². The molecule has 0 fully saturated rings. The van der Waals surface area contributed by atoms with Gasteiger partial charge >= 0.3 is 11.9 Å². The molecule has 0 heterocycles. The van der Waals surface area contributed by atoms with E-state index in [-0.39, 0.29) is 32.7 Å². The van der Waals surface area contributed by atoms with Gasteiger partial charge in [0.05, 0.1) is 19.3 Å². The number of carboxylic acids is 1. The first kappa shape index (κ1) is 19.1. The zero-order chi connectivity index (χ0) is 14.6. The van der Waals surface area contributed by atoms with Crippen molar-refractivity contribution >= 4 is 11.9 Å². The van der Waals surface area contributed by atoms with Crippen molar-refractivity contribution in [2.24, 2.45) is 0 Å². The zero-order valence-electron chi connectivity index (χ0n) is 10.2. The smallest absolute Gasteiger partial charge is 0.303 e. The summed E-state index contributed by atoms with van der Waals surface area (Å²) in [6.45, 7) is 0.358. The molecule has 2 atom stereocenters. The molecule has 0 bridgehead atoms. The van der Waals surface area contributed by atoms with Crippen molar-refractivity contribution in [3.05, 3.63) is 0 Å². The summed E-state index contributed by atoms with van der Waals surface area (Å²) in [5.74, 6) is -1.41. The number of aliphatic hydroxyl groups excluding tert-OH is 4. The van der Waals surface area contributed by atoms with Gasteiger partial charge in [-0.15, -0.1) is 0 Å². The number of esters is 1. The summed E-state index contributed by atoms with van der Waals surface area (Å²) >= 11 is 0. The van der Waals surface area contributed by atoms with E-state index < -0.39 is 24.1 Å². The zero-order valence-corrected chi connectivity index (χ0v) is 10.2. The minimum atomic E-state index is -0.956. The van der Waals surface area contributed by atoms with E-state index in [1.807, 2.05) is 0 Å². The van der Waals surface area contributed by atoms with Crippen molar-refractivity contribution in [2.75, 3.05) is 19.8 Å². The normalized spacial score (nSPS) is 12.9. The Morgan fingerprint density at radius 2 is 1.61 bits per heavy atom. The van der Waals surface area contributed by atoms with Crippen LogP contribution in [0.1, 0.15) is 19.8 Å². The highest BCUT2D eigenvalue weighted by atomic mass is 16.5. The summed E-state index contributed by atoms with van der Waals surface area (Å²) in [4.78, 5) is 19.9. The first-order chi connectivity index (χ1) is 8.33. The molecule has 0 rings (SSSR count). The Morgan fingerprint density at radius 1 is 1.11 bits per heavy atom. The average molecular weight is 268 g/mol. The molecule has 0 aromatic carbocycles. The SMILES string of the molecule is CC(=O)OCC(O)CO.O=C(O)CCC(O)CO. The van der Waals surface area contributed by atoms with Gasteiger partial charge in [-0.05, 0) is 6.42 Å². The van der Waals surface area contributed by atoms with Crippen LogP contribution in [0.3, 0.4) is 0 Å². The largest absolute Gasteiger partial charge is 0.481 e. The van der Waals surface area contributed by atoms with Gasteiger partial charge in [0.15, 0.2) is 0 Å². The molecule has 0 saturated carbocycles. The van der Waals surface area contributed by atoms with E-state index in [2.05, 4.69) is 4.74 Å². The summed E-state index contributed by atoms with van der Waals surface area (Å²) < 4.78 is 4.35. The average Bonchev–Trinajstić information content (AvgIpc) is 2.33. The highest BCUT2D eigenvalue weighted by Crippen LogP contribution is 1.94. The minimum Gasteiger partial charge on any atom is -0.481 e. The third kappa shape index (κ3) is 17.2. The van der Waals surface area contributed by atoms with Gasteiger partial charge in [-0.1, -0.05) is 0 Å². The van der Waals surface area contributed by atoms with Gasteiger partial charge < -0.3 is 30.3 Å². The molecule has 0 aliphatic carbocycles. The van der Waals surface area contributed by atoms with Crippen molar-refractivity contribution in [3.63, 3.8) is 0 Å². The summed E-state index contributed by atoms with van der Waals surface area (Å²) in [5, 5.41) is 41.6. The molecule has 0 saturated heterocycles. The van der Waals surface area contributed by atoms with E-state index in [1.165, 1.54) is 6.92 Å². The molecule has 8 nitrogen and oxygen atoms in total. The Bertz CT molecular complexity index is 206. The summed E-state index contributed by atoms with van der Waals surface area (Å²) in [7, 11) is 0. The summed E-state index contributed by atoms with van der Waals surface area (Å²) in [5.41, 5.74) is 0. The molecule has 0 amide bonds. The van der Waals surface area contributed by atoms with Crippen LogP contribution in [-0.4, -0.2) is 69.5 Å². The van der Waals surface area contributed by atoms with Crippen LogP contribution in [0.25, 0.3) is 0 Å². The molecule has 0 aromatic rings. The predicted octanol–water partition coefficient (Wildman–Crippen LogP) is -1.89. The first-order valence-electron chi connectivity index (χ1n) is 5.26. The van der Waals surface area contributed by atoms with E-state index in [1.54, 1.807) is 0 Å². The van der Waals surface area contributed by atoms with Gasteiger partial charge in [0.2, 0.25) is 0 Å². The van der Waals surface area contributed by atoms with Crippen LogP contribution in [0.5, 0.6) is 0 Å². The number of carbonyl (C=O) groups is 2. The van der Waals surface area contributed by atoms with Crippen LogP contribution in [0.15, 0.2) is 0 Å². The fourth-order valence-electron chi connectivity index (χ4n) is 0.648. The van der Waals surface area contributed by atoms with Crippen LogP contribution in [0, 0.1) is 0 Å². The minimum absolute atomic E-state index is 0.0955. The fraction of sp³-hybridized carbons (Fsp3) is 0.800. The molecule has 8 heteroatoms. The lowest BCUT2D eigenvalue weighted by Crippen LogP contribution is -2.20. The van der Waals surface area contributed by atoms with Crippen LogP contribution >= 0.6 is 0 Å². The second-order valence-electron chi connectivity index (χ2n) is 3.41. The maximum Gasteiger partial charge on any atom is 0.303 e. The number of ether oxygens (including phenoxy) is 1. The Hall–Kier alpha value is -1.22. The second kappa shape index (κ2) is 12.2. The number of rotatable bonds is 7. The van der Waals surface area contributed by atoms with E-state index in [4.69, 9.17) is 25.5 Å². The van der Waals surface area contributed by atoms with E-state index >= 15 is 0 Å². The number of carbonyl (C=O) groups excluding carboxylic acids is 1. The molecule has 0 radical (unpaired) electrons. The van der Waals surface area contributed by atoms with Gasteiger partial charge in [-0.2, -0.15) is 0 Å². The molecule has 108 valence electrons. The van der Waals surface area contributed by atoms with Crippen LogP contribution in [0.4, 0.5) is 0 Å². The Labute approximate surface area is 104 Å². The Balaban J connectivity index is 0. The van der Waals surface area contributed by atoms with E-state index in [0.717, 1.165) is 0 Å². The number of hydrogen-bond acceptors (Lipinski definition) is 7. The first-order valence-corrected chi connectivity index (χ1v) is 5.26. The molecular weight excluding hydrogens is 248 g/mol. The molecule has 18 heavy (non-hydrogen) atoms. The predicted molar refractivity (Wildman–Crippen MR) is 59.7 cm³/mol. The maximum atomic E-state index is 10.0. The topological polar surface area (TPSA) is 145 Å². The molecule has 0 aliphatic rings. The Kier molecular flexibility index (Phi) is 13.0. The molecule has 0 aliphatic heterocycles. The van der Waals surface area contributed by atoms with Crippen molar-refractivity contribution < 1.29 is 39.9 Å². The fourth-order valence-corrected chi connectivity index (χ4v) is 0.648. The molecule has 0 spiro atoms. The number of aliphatic carboxylic acids is 1. The lowest BCUT2D eigenvalue weighted by molar-refractivity contribution is -0.144. The molecular formula is C10H20O8. The highest BCUT2D eigenvalue weighted by Gasteiger charge is 2.04. The summed E-state index contributed by atoms with van der Waals surface area (Å²) in [6.07, 6.45) is -1.82. The van der Waals surface area contributed by atoms with Crippen LogP contribution in [0.2, 0.25) is 0 Å². The lowest BCUT2D eigenvalue weighted by atomic mass is 10.2. The standard InChI is InChI=1S/2C5H10O4/c1-4(7)9-3-5(8)2-6;6-3-4(7)1-2-5(8)9/h5-6,8H,2-3H2,1H3;4,6-7H,1-3H2,(H,8,9). The molecule has 0 aromatic heterocycles. The van der Waals surface area contributed by atoms with Gasteiger partial charge in [0, 0.05) is 13.3 Å². The van der Waals surface area contributed by atoms with Crippen molar-refractivity contribution in [3.8, 4) is 0 Å². The van der Waals surface area contributed by atoms with E-state index in [9.17, 15) is 9.59 Å². The van der Waals surface area contributed by atoms with Crippen molar-refractivity contribution in [1.82, 2.24) is 0 Å². The quantitative estimate of drug-likeness (QED) is 0.337. The third-order valence-corrected chi connectivity index (χ3v) is 1.59. The third-order valence-electron chi connectivity index (χ3n) is 1.59. The maximum absolute atomic E-state index is 10.0. The number of carboxylic acid groups (broad SMARTS) is 1.